The van der Waals surface area contributed by atoms with Crippen molar-refractivity contribution in [2.45, 2.75) is 64.3 Å². The molecule has 1 rings (SSSR count). The summed E-state index contributed by atoms with van der Waals surface area (Å²) in [7, 11) is 0. The molecule has 0 aromatic carbocycles. The lowest BCUT2D eigenvalue weighted by atomic mass is 9.74. The van der Waals surface area contributed by atoms with Gasteiger partial charge in [-0.25, -0.2) is 0 Å². The first-order chi connectivity index (χ1) is 9.89. The maximum atomic E-state index is 12.0. The van der Waals surface area contributed by atoms with E-state index in [-0.39, 0.29) is 18.2 Å². The standard InChI is InChI=1S/C15H26N2O4/c1-3-16-12(18)8-6-9-13(19)17-15(2)10-5-4-7-11(15)14(20)21/h11H,3-10H2,1-2H3,(H,16,18)(H,17,19)(H,20,21). The zero-order valence-corrected chi connectivity index (χ0v) is 12.9. The third-order valence-corrected chi connectivity index (χ3v) is 4.11. The maximum absolute atomic E-state index is 12.0. The van der Waals surface area contributed by atoms with Gasteiger partial charge in [0.2, 0.25) is 11.8 Å². The Morgan fingerprint density at radius 2 is 1.86 bits per heavy atom. The smallest absolute Gasteiger partial charge is 0.308 e. The highest BCUT2D eigenvalue weighted by Gasteiger charge is 2.41. The molecular weight excluding hydrogens is 272 g/mol. The fraction of sp³-hybridized carbons (Fsp3) is 0.800. The summed E-state index contributed by atoms with van der Waals surface area (Å²) in [5.41, 5.74) is -0.674. The lowest BCUT2D eigenvalue weighted by molar-refractivity contribution is -0.146. The highest BCUT2D eigenvalue weighted by atomic mass is 16.4. The highest BCUT2D eigenvalue weighted by Crippen LogP contribution is 2.33. The van der Waals surface area contributed by atoms with Crippen molar-refractivity contribution in [2.75, 3.05) is 6.54 Å². The topological polar surface area (TPSA) is 95.5 Å². The lowest BCUT2D eigenvalue weighted by Gasteiger charge is -2.39. The Hall–Kier alpha value is -1.59. The van der Waals surface area contributed by atoms with E-state index in [1.165, 1.54) is 0 Å². The second-order valence-corrected chi connectivity index (χ2v) is 5.91. The Labute approximate surface area is 125 Å². The van der Waals surface area contributed by atoms with E-state index in [4.69, 9.17) is 0 Å². The molecule has 1 aliphatic carbocycles. The second-order valence-electron chi connectivity index (χ2n) is 5.91. The summed E-state index contributed by atoms with van der Waals surface area (Å²) in [6, 6.07) is 0. The number of carboxylic acids is 1. The molecule has 1 aliphatic rings. The van der Waals surface area contributed by atoms with Crippen molar-refractivity contribution < 1.29 is 19.5 Å². The van der Waals surface area contributed by atoms with E-state index in [1.54, 1.807) is 0 Å². The summed E-state index contributed by atoms with van der Waals surface area (Å²) in [5.74, 6) is -1.61. The van der Waals surface area contributed by atoms with Gasteiger partial charge in [-0.1, -0.05) is 12.8 Å². The molecule has 0 saturated heterocycles. The SMILES string of the molecule is CCNC(=O)CCCC(=O)NC1(C)CCCCC1C(=O)O. The molecule has 0 aliphatic heterocycles. The van der Waals surface area contributed by atoms with E-state index in [1.807, 2.05) is 13.8 Å². The van der Waals surface area contributed by atoms with E-state index in [0.717, 1.165) is 12.8 Å². The van der Waals surface area contributed by atoms with Crippen molar-refractivity contribution in [3.05, 3.63) is 0 Å². The number of hydrogen-bond acceptors (Lipinski definition) is 3. The van der Waals surface area contributed by atoms with Crippen LogP contribution in [-0.2, 0) is 14.4 Å². The van der Waals surface area contributed by atoms with Gasteiger partial charge in [-0.05, 0) is 33.1 Å². The van der Waals surface area contributed by atoms with Gasteiger partial charge in [0.25, 0.3) is 0 Å². The molecule has 1 saturated carbocycles. The second kappa shape index (κ2) is 8.00. The van der Waals surface area contributed by atoms with Gasteiger partial charge in [-0.15, -0.1) is 0 Å². The minimum atomic E-state index is -0.847. The van der Waals surface area contributed by atoms with Gasteiger partial charge in [0.05, 0.1) is 11.5 Å². The number of rotatable bonds is 7. The van der Waals surface area contributed by atoms with Gasteiger partial charge in [-0.2, -0.15) is 0 Å². The summed E-state index contributed by atoms with van der Waals surface area (Å²) in [4.78, 5) is 34.6. The summed E-state index contributed by atoms with van der Waals surface area (Å²) in [6.45, 7) is 4.25. The average molecular weight is 298 g/mol. The normalized spacial score (nSPS) is 25.1. The summed E-state index contributed by atoms with van der Waals surface area (Å²) in [6.07, 6.45) is 4.15. The third kappa shape index (κ3) is 5.36. The molecule has 0 heterocycles. The van der Waals surface area contributed by atoms with E-state index in [9.17, 15) is 19.5 Å². The molecule has 0 spiro atoms. The molecular formula is C15H26N2O4. The van der Waals surface area contributed by atoms with Gasteiger partial charge in [-0.3, -0.25) is 14.4 Å². The number of amides is 2. The summed E-state index contributed by atoms with van der Waals surface area (Å²) >= 11 is 0. The zero-order chi connectivity index (χ0) is 15.9. The van der Waals surface area contributed by atoms with E-state index >= 15 is 0 Å². The van der Waals surface area contributed by atoms with Gasteiger partial charge in [0.1, 0.15) is 0 Å². The third-order valence-electron chi connectivity index (χ3n) is 4.11. The predicted octanol–water partition coefficient (Wildman–Crippen LogP) is 1.44. The molecule has 6 nitrogen and oxygen atoms in total. The minimum Gasteiger partial charge on any atom is -0.481 e. The fourth-order valence-corrected chi connectivity index (χ4v) is 2.96. The molecule has 6 heteroatoms. The first kappa shape index (κ1) is 17.5. The van der Waals surface area contributed by atoms with Crippen LogP contribution in [0, 0.1) is 5.92 Å². The Bertz CT molecular complexity index is 397. The molecule has 2 amide bonds. The molecule has 120 valence electrons. The molecule has 0 bridgehead atoms. The van der Waals surface area contributed by atoms with Gasteiger partial charge in [0.15, 0.2) is 0 Å². The van der Waals surface area contributed by atoms with Crippen molar-refractivity contribution >= 4 is 17.8 Å². The average Bonchev–Trinajstić information content (AvgIpc) is 2.38. The van der Waals surface area contributed by atoms with Crippen LogP contribution in [0.5, 0.6) is 0 Å². The highest BCUT2D eigenvalue weighted by molar-refractivity contribution is 5.80. The summed E-state index contributed by atoms with van der Waals surface area (Å²) < 4.78 is 0. The van der Waals surface area contributed by atoms with Gasteiger partial charge < -0.3 is 15.7 Å². The Morgan fingerprint density at radius 1 is 1.19 bits per heavy atom. The minimum absolute atomic E-state index is 0.0578. The summed E-state index contributed by atoms with van der Waals surface area (Å²) in [5, 5.41) is 14.9. The van der Waals surface area contributed by atoms with E-state index in [2.05, 4.69) is 10.6 Å². The number of hydrogen-bond donors (Lipinski definition) is 3. The molecule has 0 aromatic rings. The van der Waals surface area contributed by atoms with Crippen LogP contribution in [-0.4, -0.2) is 35.0 Å². The van der Waals surface area contributed by atoms with Crippen LogP contribution in [0.3, 0.4) is 0 Å². The van der Waals surface area contributed by atoms with Crippen molar-refractivity contribution in [3.8, 4) is 0 Å². The largest absolute Gasteiger partial charge is 0.481 e. The number of aliphatic carboxylic acids is 1. The Kier molecular flexibility index (Phi) is 6.65. The molecule has 1 fully saturated rings. The Balaban J connectivity index is 2.44. The van der Waals surface area contributed by atoms with Crippen LogP contribution in [0.25, 0.3) is 0 Å². The lowest BCUT2D eigenvalue weighted by Crippen LogP contribution is -2.55. The molecule has 21 heavy (non-hydrogen) atoms. The van der Waals surface area contributed by atoms with Crippen LogP contribution in [0.4, 0.5) is 0 Å². The quantitative estimate of drug-likeness (QED) is 0.662. The van der Waals surface area contributed by atoms with Crippen molar-refractivity contribution in [3.63, 3.8) is 0 Å². The van der Waals surface area contributed by atoms with E-state index in [0.29, 0.717) is 32.2 Å². The first-order valence-electron chi connectivity index (χ1n) is 7.69. The van der Waals surface area contributed by atoms with Gasteiger partial charge >= 0.3 is 5.97 Å². The maximum Gasteiger partial charge on any atom is 0.308 e. The van der Waals surface area contributed by atoms with Crippen LogP contribution in [0.2, 0.25) is 0 Å². The van der Waals surface area contributed by atoms with Crippen LogP contribution < -0.4 is 10.6 Å². The van der Waals surface area contributed by atoms with Crippen LogP contribution in [0.1, 0.15) is 58.8 Å². The number of carboxylic acid groups (broad SMARTS) is 1. The van der Waals surface area contributed by atoms with Crippen molar-refractivity contribution in [1.29, 1.82) is 0 Å². The predicted molar refractivity (Wildman–Crippen MR) is 78.7 cm³/mol. The zero-order valence-electron chi connectivity index (χ0n) is 12.9. The Morgan fingerprint density at radius 3 is 2.48 bits per heavy atom. The van der Waals surface area contributed by atoms with Crippen LogP contribution in [0.15, 0.2) is 0 Å². The van der Waals surface area contributed by atoms with E-state index < -0.39 is 17.4 Å². The number of carbonyl (C=O) groups excluding carboxylic acids is 2. The number of carbonyl (C=O) groups is 3. The van der Waals surface area contributed by atoms with Gasteiger partial charge in [0, 0.05) is 19.4 Å². The number of nitrogens with one attached hydrogen (secondary N) is 2. The molecule has 2 atom stereocenters. The fourth-order valence-electron chi connectivity index (χ4n) is 2.96. The van der Waals surface area contributed by atoms with Crippen molar-refractivity contribution in [1.82, 2.24) is 10.6 Å². The van der Waals surface area contributed by atoms with Crippen molar-refractivity contribution in [2.24, 2.45) is 5.92 Å². The van der Waals surface area contributed by atoms with Crippen LogP contribution >= 0.6 is 0 Å². The molecule has 3 N–H and O–H groups in total. The first-order valence-corrected chi connectivity index (χ1v) is 7.69. The molecule has 0 radical (unpaired) electrons. The monoisotopic (exact) mass is 298 g/mol. The molecule has 0 aromatic heterocycles. The molecule has 2 unspecified atom stereocenters.